The first-order chi connectivity index (χ1) is 16.3. The molecule has 4 aromatic rings. The van der Waals surface area contributed by atoms with Gasteiger partial charge in [0, 0.05) is 13.3 Å². The third-order valence-electron chi connectivity index (χ3n) is 6.02. The van der Waals surface area contributed by atoms with Crippen molar-refractivity contribution in [3.63, 3.8) is 0 Å². The highest BCUT2D eigenvalue weighted by Gasteiger charge is 2.35. The zero-order valence-electron chi connectivity index (χ0n) is 19.0. The molecule has 3 heterocycles. The molecule has 0 saturated carbocycles. The fraction of sp³-hybridized carbons (Fsp3) is 0.240. The van der Waals surface area contributed by atoms with Crippen LogP contribution in [0.25, 0.3) is 21.9 Å². The summed E-state index contributed by atoms with van der Waals surface area (Å²) in [5.74, 6) is 0.212. The minimum absolute atomic E-state index is 0.191. The molecule has 5 rings (SSSR count). The van der Waals surface area contributed by atoms with Crippen LogP contribution in [0.2, 0.25) is 0 Å². The molecule has 0 saturated heterocycles. The van der Waals surface area contributed by atoms with Gasteiger partial charge >= 0.3 is 0 Å². The average molecular weight is 464 g/mol. The van der Waals surface area contributed by atoms with Gasteiger partial charge in [-0.15, -0.1) is 0 Å². The van der Waals surface area contributed by atoms with Crippen LogP contribution in [-0.2, 0) is 4.79 Å². The van der Waals surface area contributed by atoms with Crippen LogP contribution < -0.4 is 14.9 Å². The number of ether oxygens (including phenoxy) is 2. The van der Waals surface area contributed by atoms with Gasteiger partial charge in [-0.05, 0) is 30.7 Å². The number of rotatable bonds is 4. The van der Waals surface area contributed by atoms with Crippen LogP contribution in [0.3, 0.4) is 0 Å². The van der Waals surface area contributed by atoms with Gasteiger partial charge in [0.15, 0.2) is 11.2 Å². The maximum atomic E-state index is 13.9. The van der Waals surface area contributed by atoms with Crippen molar-refractivity contribution in [3.05, 3.63) is 69.5 Å². The van der Waals surface area contributed by atoms with Crippen molar-refractivity contribution in [3.8, 4) is 11.5 Å². The Bertz CT molecular complexity index is 1530. The Morgan fingerprint density at radius 2 is 1.82 bits per heavy atom. The molecule has 0 fully saturated rings. The molecule has 1 unspecified atom stereocenters. The smallest absolute Gasteiger partial charge is 0.240 e. The zero-order valence-corrected chi connectivity index (χ0v) is 19.0. The van der Waals surface area contributed by atoms with Gasteiger partial charge < -0.3 is 18.3 Å². The molecule has 0 radical (unpaired) electrons. The van der Waals surface area contributed by atoms with Gasteiger partial charge in [-0.3, -0.25) is 9.59 Å². The van der Waals surface area contributed by atoms with Gasteiger partial charge in [0.25, 0.3) is 0 Å². The number of fused-ring (bicyclic) bond motifs is 2. The molecule has 2 aromatic carbocycles. The molecular weight excluding hydrogens is 443 g/mol. The summed E-state index contributed by atoms with van der Waals surface area (Å²) in [4.78, 5) is 26.2. The Hall–Kier alpha value is -4.14. The van der Waals surface area contributed by atoms with Gasteiger partial charge in [-0.1, -0.05) is 12.1 Å². The highest BCUT2D eigenvalue weighted by atomic mass is 19.1. The van der Waals surface area contributed by atoms with Crippen molar-refractivity contribution in [2.45, 2.75) is 26.3 Å². The highest BCUT2D eigenvalue weighted by molar-refractivity contribution is 6.10. The first-order valence-corrected chi connectivity index (χ1v) is 10.6. The summed E-state index contributed by atoms with van der Waals surface area (Å²) in [6.45, 7) is 3.04. The van der Waals surface area contributed by atoms with E-state index in [2.05, 4.69) is 5.10 Å². The molecule has 0 aliphatic carbocycles. The number of furan rings is 1. The first-order valence-electron chi connectivity index (χ1n) is 10.6. The van der Waals surface area contributed by atoms with Crippen LogP contribution in [0.4, 0.5) is 4.39 Å². The highest BCUT2D eigenvalue weighted by Crippen LogP contribution is 2.43. The first kappa shape index (κ1) is 21.7. The number of carbonyl (C=O) groups excluding carboxylic acids is 1. The van der Waals surface area contributed by atoms with E-state index in [1.54, 1.807) is 25.1 Å². The van der Waals surface area contributed by atoms with Gasteiger partial charge in [-0.25, -0.2) is 9.40 Å². The molecule has 1 atom stereocenters. The van der Waals surface area contributed by atoms with E-state index in [9.17, 15) is 14.0 Å². The molecule has 2 aromatic heterocycles. The van der Waals surface area contributed by atoms with E-state index in [0.29, 0.717) is 33.8 Å². The van der Waals surface area contributed by atoms with Crippen LogP contribution in [0, 0.1) is 12.7 Å². The molecule has 0 bridgehead atoms. The van der Waals surface area contributed by atoms with Crippen LogP contribution >= 0.6 is 0 Å². The van der Waals surface area contributed by atoms with E-state index >= 15 is 0 Å². The number of hydrazone groups is 1. The number of carbonyl (C=O) groups is 1. The Morgan fingerprint density at radius 3 is 2.47 bits per heavy atom. The van der Waals surface area contributed by atoms with Crippen LogP contribution in [0.5, 0.6) is 11.5 Å². The zero-order chi connectivity index (χ0) is 24.1. The summed E-state index contributed by atoms with van der Waals surface area (Å²) >= 11 is 0. The number of methoxy groups -OCH3 is 2. The van der Waals surface area contributed by atoms with Crippen LogP contribution in [-0.4, -0.2) is 30.8 Å². The molecule has 1 amide bonds. The van der Waals surface area contributed by atoms with E-state index in [1.807, 2.05) is 0 Å². The summed E-state index contributed by atoms with van der Waals surface area (Å²) in [5, 5.41) is 6.54. The second-order valence-corrected chi connectivity index (χ2v) is 7.98. The van der Waals surface area contributed by atoms with Gasteiger partial charge in [0.2, 0.25) is 17.1 Å². The van der Waals surface area contributed by atoms with Crippen molar-refractivity contribution in [2.24, 2.45) is 5.10 Å². The SMILES string of the molecule is COc1c2occc2c(OC)c2c(=O)c(C3=NN(C(C)=O)C(c4ccc(F)cc4)C3)c(C)oc12. The maximum Gasteiger partial charge on any atom is 0.240 e. The van der Waals surface area contributed by atoms with E-state index in [0.717, 1.165) is 0 Å². The van der Waals surface area contributed by atoms with Gasteiger partial charge in [-0.2, -0.15) is 5.10 Å². The summed E-state index contributed by atoms with van der Waals surface area (Å²) in [6, 6.07) is 7.07. The largest absolute Gasteiger partial charge is 0.495 e. The van der Waals surface area contributed by atoms with Gasteiger partial charge in [0.1, 0.15) is 22.7 Å². The normalized spacial score (nSPS) is 15.7. The number of aryl methyl sites for hydroxylation is 1. The molecule has 9 heteroatoms. The van der Waals surface area contributed by atoms with Crippen molar-refractivity contribution in [2.75, 3.05) is 14.2 Å². The van der Waals surface area contributed by atoms with E-state index in [-0.39, 0.29) is 45.9 Å². The van der Waals surface area contributed by atoms with Crippen molar-refractivity contribution < 1.29 is 27.5 Å². The molecule has 8 nitrogen and oxygen atoms in total. The van der Waals surface area contributed by atoms with Crippen molar-refractivity contribution >= 4 is 33.6 Å². The lowest BCUT2D eigenvalue weighted by molar-refractivity contribution is -0.130. The standard InChI is InChI=1S/C25H21FN2O6/c1-12-19(17-11-18(28(27-17)13(2)29)14-5-7-15(26)8-6-14)21(30)20-22(31-3)16-9-10-33-23(16)25(32-4)24(20)34-12/h5-10,18H,11H2,1-4H3. The fourth-order valence-corrected chi connectivity index (χ4v) is 4.54. The summed E-state index contributed by atoms with van der Waals surface area (Å²) in [5.41, 5.74) is 1.58. The predicted octanol–water partition coefficient (Wildman–Crippen LogP) is 4.70. The lowest BCUT2D eigenvalue weighted by atomic mass is 9.96. The second-order valence-electron chi connectivity index (χ2n) is 7.98. The molecule has 0 spiro atoms. The monoisotopic (exact) mass is 464 g/mol. The van der Waals surface area contributed by atoms with Crippen LogP contribution in [0.1, 0.15) is 36.3 Å². The topological polar surface area (TPSA) is 94.5 Å². The lowest BCUT2D eigenvalue weighted by Crippen LogP contribution is -2.24. The third kappa shape index (κ3) is 3.15. The number of nitrogens with zero attached hydrogens (tertiary/aromatic N) is 2. The molecule has 34 heavy (non-hydrogen) atoms. The van der Waals surface area contributed by atoms with Crippen LogP contribution in [0.15, 0.2) is 55.3 Å². The van der Waals surface area contributed by atoms with Crippen molar-refractivity contribution in [1.29, 1.82) is 0 Å². The maximum absolute atomic E-state index is 13.9. The van der Waals surface area contributed by atoms with Gasteiger partial charge in [0.05, 0.1) is 43.2 Å². The Balaban J connectivity index is 1.73. The molecular formula is C25H21FN2O6. The Labute approximate surface area is 193 Å². The molecule has 0 N–H and O–H groups in total. The van der Waals surface area contributed by atoms with E-state index in [1.165, 1.54) is 44.5 Å². The molecule has 1 aliphatic rings. The quantitative estimate of drug-likeness (QED) is 0.435. The predicted molar refractivity (Wildman–Crippen MR) is 123 cm³/mol. The lowest BCUT2D eigenvalue weighted by Gasteiger charge is -2.20. The number of halogens is 1. The summed E-state index contributed by atoms with van der Waals surface area (Å²) in [6.07, 6.45) is 1.74. The summed E-state index contributed by atoms with van der Waals surface area (Å²) in [7, 11) is 2.92. The number of benzene rings is 2. The fourth-order valence-electron chi connectivity index (χ4n) is 4.54. The Kier molecular flexibility index (Phi) is 5.11. The number of amides is 1. The van der Waals surface area contributed by atoms with E-state index < -0.39 is 6.04 Å². The molecule has 174 valence electrons. The minimum atomic E-state index is -0.476. The minimum Gasteiger partial charge on any atom is -0.495 e. The second kappa shape index (κ2) is 8.02. The molecule has 1 aliphatic heterocycles. The van der Waals surface area contributed by atoms with Crippen molar-refractivity contribution in [1.82, 2.24) is 5.01 Å². The average Bonchev–Trinajstić information content (AvgIpc) is 3.46. The number of hydrogen-bond acceptors (Lipinski definition) is 7. The Morgan fingerprint density at radius 1 is 1.12 bits per heavy atom. The number of hydrogen-bond donors (Lipinski definition) is 0. The summed E-state index contributed by atoms with van der Waals surface area (Å²) < 4.78 is 36.2. The third-order valence-corrected chi connectivity index (χ3v) is 6.02. The van der Waals surface area contributed by atoms with E-state index in [4.69, 9.17) is 18.3 Å².